The quantitative estimate of drug-likeness (QED) is 0.498. The van der Waals surface area contributed by atoms with Gasteiger partial charge in [0, 0.05) is 12.8 Å². The topological polar surface area (TPSA) is 52.6 Å². The number of hydrogen-bond acceptors (Lipinski definition) is 4. The highest BCUT2D eigenvalue weighted by atomic mass is 16.6. The summed E-state index contributed by atoms with van der Waals surface area (Å²) in [5.74, 6) is -0.471. The van der Waals surface area contributed by atoms with Gasteiger partial charge >= 0.3 is 11.9 Å². The molecule has 0 saturated heterocycles. The van der Waals surface area contributed by atoms with Gasteiger partial charge in [-0.25, -0.2) is 0 Å². The van der Waals surface area contributed by atoms with E-state index in [0.29, 0.717) is 19.3 Å². The van der Waals surface area contributed by atoms with Crippen molar-refractivity contribution in [2.24, 2.45) is 0 Å². The molecular formula is C12H22O4. The van der Waals surface area contributed by atoms with Crippen molar-refractivity contribution in [1.29, 1.82) is 0 Å². The molecule has 0 aliphatic heterocycles. The fourth-order valence-corrected chi connectivity index (χ4v) is 0.936. The van der Waals surface area contributed by atoms with Crippen LogP contribution in [0.25, 0.3) is 0 Å². The summed E-state index contributed by atoms with van der Waals surface area (Å²) >= 11 is 0. The summed E-state index contributed by atoms with van der Waals surface area (Å²) in [4.78, 5) is 22.2. The van der Waals surface area contributed by atoms with Gasteiger partial charge in [0.1, 0.15) is 5.60 Å². The maximum atomic E-state index is 11.4. The van der Waals surface area contributed by atoms with E-state index in [1.165, 1.54) is 0 Å². The Morgan fingerprint density at radius 3 is 2.25 bits per heavy atom. The second-order valence-corrected chi connectivity index (χ2v) is 4.26. The normalized spacial score (nSPS) is 11.0. The van der Waals surface area contributed by atoms with Gasteiger partial charge in [-0.2, -0.15) is 0 Å². The van der Waals surface area contributed by atoms with Gasteiger partial charge < -0.3 is 9.47 Å². The van der Waals surface area contributed by atoms with Gasteiger partial charge in [0.2, 0.25) is 0 Å². The summed E-state index contributed by atoms with van der Waals surface area (Å²) in [5.41, 5.74) is -0.406. The predicted molar refractivity (Wildman–Crippen MR) is 60.9 cm³/mol. The van der Waals surface area contributed by atoms with Gasteiger partial charge in [-0.3, -0.25) is 9.59 Å². The van der Waals surface area contributed by atoms with Crippen LogP contribution in [0.1, 0.15) is 53.4 Å². The molecule has 94 valence electrons. The molecule has 0 N–H and O–H groups in total. The molecule has 0 unspecified atom stereocenters. The molecule has 16 heavy (non-hydrogen) atoms. The fraction of sp³-hybridized carbons (Fsp3) is 0.833. The minimum atomic E-state index is -0.406. The first kappa shape index (κ1) is 14.9. The first-order chi connectivity index (χ1) is 7.41. The van der Waals surface area contributed by atoms with Crippen LogP contribution in [0.5, 0.6) is 0 Å². The zero-order valence-electron chi connectivity index (χ0n) is 10.7. The van der Waals surface area contributed by atoms with Crippen molar-refractivity contribution in [2.45, 2.75) is 59.0 Å². The Kier molecular flexibility index (Phi) is 6.77. The monoisotopic (exact) mass is 230 g/mol. The van der Waals surface area contributed by atoms with Crippen LogP contribution in [0.3, 0.4) is 0 Å². The Bertz CT molecular complexity index is 233. The fourth-order valence-electron chi connectivity index (χ4n) is 0.936. The number of carbonyl (C=O) groups excluding carboxylic acids is 2. The van der Waals surface area contributed by atoms with E-state index in [9.17, 15) is 9.59 Å². The van der Waals surface area contributed by atoms with Crippen LogP contribution in [-0.2, 0) is 19.1 Å². The van der Waals surface area contributed by atoms with Crippen molar-refractivity contribution >= 4 is 11.9 Å². The third-order valence-electron chi connectivity index (χ3n) is 2.32. The van der Waals surface area contributed by atoms with Gasteiger partial charge in [-0.05, 0) is 26.7 Å². The third-order valence-corrected chi connectivity index (χ3v) is 2.32. The molecule has 0 aromatic carbocycles. The van der Waals surface area contributed by atoms with Gasteiger partial charge in [0.15, 0.2) is 0 Å². The Hall–Kier alpha value is -1.06. The van der Waals surface area contributed by atoms with Crippen molar-refractivity contribution < 1.29 is 19.1 Å². The smallest absolute Gasteiger partial charge is 0.306 e. The molecule has 4 nitrogen and oxygen atoms in total. The van der Waals surface area contributed by atoms with Crippen LogP contribution >= 0.6 is 0 Å². The molecule has 0 radical (unpaired) electrons. The number of esters is 2. The molecular weight excluding hydrogens is 208 g/mol. The molecule has 0 aromatic rings. The lowest BCUT2D eigenvalue weighted by Crippen LogP contribution is -2.27. The Morgan fingerprint density at radius 1 is 1.12 bits per heavy atom. The second kappa shape index (κ2) is 7.25. The molecule has 0 aromatic heterocycles. The molecule has 0 atom stereocenters. The minimum Gasteiger partial charge on any atom is -0.466 e. The van der Waals surface area contributed by atoms with E-state index in [1.807, 2.05) is 20.8 Å². The standard InChI is InChI=1S/C12H22O4/c1-5-10(13)15-9-7-8-11(14)16-12(3,4)6-2/h5-9H2,1-4H3. The Morgan fingerprint density at radius 2 is 1.75 bits per heavy atom. The zero-order valence-corrected chi connectivity index (χ0v) is 10.7. The van der Waals surface area contributed by atoms with E-state index in [-0.39, 0.29) is 18.5 Å². The van der Waals surface area contributed by atoms with E-state index >= 15 is 0 Å². The van der Waals surface area contributed by atoms with Crippen molar-refractivity contribution in [2.75, 3.05) is 6.61 Å². The third kappa shape index (κ3) is 7.26. The van der Waals surface area contributed by atoms with Gasteiger partial charge in [-0.1, -0.05) is 13.8 Å². The molecule has 0 aliphatic carbocycles. The highest BCUT2D eigenvalue weighted by Gasteiger charge is 2.19. The van der Waals surface area contributed by atoms with Crippen LogP contribution in [0.4, 0.5) is 0 Å². The number of ether oxygens (including phenoxy) is 2. The van der Waals surface area contributed by atoms with Crippen LogP contribution in [0.2, 0.25) is 0 Å². The summed E-state index contributed by atoms with van der Waals surface area (Å²) in [6, 6.07) is 0. The largest absolute Gasteiger partial charge is 0.466 e. The Balaban J connectivity index is 3.63. The number of rotatable bonds is 7. The predicted octanol–water partition coefficient (Wildman–Crippen LogP) is 2.45. The average Bonchev–Trinajstić information content (AvgIpc) is 2.23. The lowest BCUT2D eigenvalue weighted by Gasteiger charge is -2.23. The molecule has 0 rings (SSSR count). The molecule has 0 amide bonds. The van der Waals surface area contributed by atoms with Crippen molar-refractivity contribution in [3.8, 4) is 0 Å². The number of hydrogen-bond donors (Lipinski definition) is 0. The molecule has 0 bridgehead atoms. The van der Waals surface area contributed by atoms with E-state index in [0.717, 1.165) is 6.42 Å². The summed E-state index contributed by atoms with van der Waals surface area (Å²) in [7, 11) is 0. The Labute approximate surface area is 97.3 Å². The van der Waals surface area contributed by atoms with E-state index in [4.69, 9.17) is 9.47 Å². The van der Waals surface area contributed by atoms with Crippen molar-refractivity contribution in [1.82, 2.24) is 0 Å². The summed E-state index contributed by atoms with van der Waals surface area (Å²) in [6.45, 7) is 7.75. The van der Waals surface area contributed by atoms with Crippen LogP contribution in [0, 0.1) is 0 Å². The highest BCUT2D eigenvalue weighted by molar-refractivity contribution is 5.70. The van der Waals surface area contributed by atoms with E-state index in [2.05, 4.69) is 0 Å². The molecule has 0 heterocycles. The van der Waals surface area contributed by atoms with Gasteiger partial charge in [0.25, 0.3) is 0 Å². The van der Waals surface area contributed by atoms with Crippen LogP contribution in [-0.4, -0.2) is 24.1 Å². The molecule has 0 saturated carbocycles. The van der Waals surface area contributed by atoms with Crippen LogP contribution in [0.15, 0.2) is 0 Å². The number of carbonyl (C=O) groups is 2. The maximum Gasteiger partial charge on any atom is 0.306 e. The SMILES string of the molecule is CCC(=O)OCCCC(=O)OC(C)(C)CC. The first-order valence-electron chi connectivity index (χ1n) is 5.78. The zero-order chi connectivity index (χ0) is 12.6. The maximum absolute atomic E-state index is 11.4. The summed E-state index contributed by atoms with van der Waals surface area (Å²) in [6.07, 6.45) is 1.96. The van der Waals surface area contributed by atoms with E-state index < -0.39 is 5.60 Å². The second-order valence-electron chi connectivity index (χ2n) is 4.26. The van der Waals surface area contributed by atoms with Crippen molar-refractivity contribution in [3.63, 3.8) is 0 Å². The molecule has 0 fully saturated rings. The summed E-state index contributed by atoms with van der Waals surface area (Å²) < 4.78 is 10.1. The average molecular weight is 230 g/mol. The molecule has 0 spiro atoms. The molecule has 0 aliphatic rings. The highest BCUT2D eigenvalue weighted by Crippen LogP contribution is 2.14. The van der Waals surface area contributed by atoms with Gasteiger partial charge in [0.05, 0.1) is 6.61 Å². The lowest BCUT2D eigenvalue weighted by molar-refractivity contribution is -0.158. The van der Waals surface area contributed by atoms with E-state index in [1.54, 1.807) is 6.92 Å². The summed E-state index contributed by atoms with van der Waals surface area (Å²) in [5, 5.41) is 0. The van der Waals surface area contributed by atoms with Crippen LogP contribution < -0.4 is 0 Å². The first-order valence-corrected chi connectivity index (χ1v) is 5.78. The minimum absolute atomic E-state index is 0.234. The molecule has 4 heteroatoms. The van der Waals surface area contributed by atoms with Gasteiger partial charge in [-0.15, -0.1) is 0 Å². The lowest BCUT2D eigenvalue weighted by atomic mass is 10.1. The van der Waals surface area contributed by atoms with Crippen molar-refractivity contribution in [3.05, 3.63) is 0 Å².